The van der Waals surface area contributed by atoms with Crippen LogP contribution in [-0.2, 0) is 4.79 Å². The SMILES string of the molecule is CC(=O)[N]c1c(-c2ccccc2C)nc2cnccn12. The summed E-state index contributed by atoms with van der Waals surface area (Å²) < 4.78 is 1.77. The van der Waals surface area contributed by atoms with Gasteiger partial charge < -0.3 is 0 Å². The van der Waals surface area contributed by atoms with Crippen LogP contribution in [0.5, 0.6) is 0 Å². The van der Waals surface area contributed by atoms with Crippen LogP contribution in [-0.4, -0.2) is 20.3 Å². The van der Waals surface area contributed by atoms with Crippen molar-refractivity contribution in [3.05, 3.63) is 48.4 Å². The molecule has 1 radical (unpaired) electrons. The molecule has 5 nitrogen and oxygen atoms in total. The summed E-state index contributed by atoms with van der Waals surface area (Å²) in [6.07, 6.45) is 5.06. The van der Waals surface area contributed by atoms with Crippen molar-refractivity contribution in [3.63, 3.8) is 0 Å². The number of carbonyl (C=O) groups excluding carboxylic acids is 1. The van der Waals surface area contributed by atoms with Gasteiger partial charge in [-0.3, -0.25) is 14.2 Å². The lowest BCUT2D eigenvalue weighted by molar-refractivity contribution is -0.118. The number of nitrogens with zero attached hydrogens (tertiary/aromatic N) is 4. The van der Waals surface area contributed by atoms with Crippen LogP contribution in [0.1, 0.15) is 12.5 Å². The Labute approximate surface area is 116 Å². The fourth-order valence-corrected chi connectivity index (χ4v) is 2.17. The van der Waals surface area contributed by atoms with E-state index in [-0.39, 0.29) is 5.91 Å². The Morgan fingerprint density at radius 1 is 1.30 bits per heavy atom. The summed E-state index contributed by atoms with van der Waals surface area (Å²) in [6.45, 7) is 3.44. The summed E-state index contributed by atoms with van der Waals surface area (Å²) in [7, 11) is 0. The van der Waals surface area contributed by atoms with Crippen molar-refractivity contribution in [2.24, 2.45) is 0 Å². The van der Waals surface area contributed by atoms with Crippen molar-refractivity contribution in [3.8, 4) is 11.3 Å². The molecule has 5 heteroatoms. The van der Waals surface area contributed by atoms with Gasteiger partial charge in [0, 0.05) is 24.9 Å². The highest BCUT2D eigenvalue weighted by Gasteiger charge is 2.17. The van der Waals surface area contributed by atoms with Crippen molar-refractivity contribution in [1.29, 1.82) is 0 Å². The summed E-state index contributed by atoms with van der Waals surface area (Å²) in [4.78, 5) is 20.0. The number of carbonyl (C=O) groups is 1. The number of amides is 1. The van der Waals surface area contributed by atoms with Gasteiger partial charge in [0.2, 0.25) is 5.91 Å². The van der Waals surface area contributed by atoms with Crippen molar-refractivity contribution >= 4 is 17.4 Å². The van der Waals surface area contributed by atoms with Crippen LogP contribution in [0.25, 0.3) is 16.9 Å². The molecule has 0 aliphatic heterocycles. The van der Waals surface area contributed by atoms with Crippen molar-refractivity contribution in [1.82, 2.24) is 19.7 Å². The van der Waals surface area contributed by atoms with Crippen molar-refractivity contribution < 1.29 is 4.79 Å². The van der Waals surface area contributed by atoms with Crippen LogP contribution in [0.3, 0.4) is 0 Å². The minimum atomic E-state index is -0.251. The maximum atomic E-state index is 11.4. The zero-order valence-corrected chi connectivity index (χ0v) is 11.2. The van der Waals surface area contributed by atoms with Gasteiger partial charge in [-0.1, -0.05) is 24.3 Å². The number of hydrogen-bond donors (Lipinski definition) is 0. The normalized spacial score (nSPS) is 10.7. The van der Waals surface area contributed by atoms with Gasteiger partial charge in [-0.05, 0) is 12.5 Å². The summed E-state index contributed by atoms with van der Waals surface area (Å²) in [5.41, 5.74) is 3.43. The molecule has 99 valence electrons. The molecule has 0 aliphatic carbocycles. The molecule has 1 aromatic carbocycles. The molecule has 20 heavy (non-hydrogen) atoms. The van der Waals surface area contributed by atoms with E-state index in [0.29, 0.717) is 17.2 Å². The first-order valence-corrected chi connectivity index (χ1v) is 6.27. The average molecular weight is 265 g/mol. The molecule has 0 saturated carbocycles. The molecular weight excluding hydrogens is 252 g/mol. The largest absolute Gasteiger partial charge is 0.281 e. The lowest BCUT2D eigenvalue weighted by Gasteiger charge is -2.05. The molecule has 0 spiro atoms. The van der Waals surface area contributed by atoms with Gasteiger partial charge in [-0.2, -0.15) is 5.32 Å². The van der Waals surface area contributed by atoms with Gasteiger partial charge in [-0.15, -0.1) is 0 Å². The van der Waals surface area contributed by atoms with Gasteiger partial charge in [0.1, 0.15) is 5.69 Å². The van der Waals surface area contributed by atoms with E-state index in [1.165, 1.54) is 6.92 Å². The van der Waals surface area contributed by atoms with E-state index in [1.807, 2.05) is 31.2 Å². The maximum Gasteiger partial charge on any atom is 0.244 e. The van der Waals surface area contributed by atoms with E-state index < -0.39 is 0 Å². The third kappa shape index (κ3) is 2.03. The first-order chi connectivity index (χ1) is 9.66. The van der Waals surface area contributed by atoms with E-state index >= 15 is 0 Å². The Balaban J connectivity index is 2.29. The lowest BCUT2D eigenvalue weighted by atomic mass is 10.1. The van der Waals surface area contributed by atoms with Gasteiger partial charge in [0.05, 0.1) is 6.20 Å². The Morgan fingerprint density at radius 3 is 2.85 bits per heavy atom. The maximum absolute atomic E-state index is 11.4. The fraction of sp³-hybridized carbons (Fsp3) is 0.133. The second-order valence-electron chi connectivity index (χ2n) is 4.53. The third-order valence-electron chi connectivity index (χ3n) is 3.07. The summed E-state index contributed by atoms with van der Waals surface area (Å²) in [5.74, 6) is 0.294. The molecule has 2 aromatic heterocycles. The molecule has 0 unspecified atom stereocenters. The molecular formula is C15H13N4O. The summed E-state index contributed by atoms with van der Waals surface area (Å²) >= 11 is 0. The first-order valence-electron chi connectivity index (χ1n) is 6.27. The van der Waals surface area contributed by atoms with E-state index in [9.17, 15) is 4.79 Å². The van der Waals surface area contributed by atoms with Crippen LogP contribution in [0.2, 0.25) is 0 Å². The molecule has 3 aromatic rings. The number of imidazole rings is 1. The topological polar surface area (TPSA) is 61.4 Å². The zero-order chi connectivity index (χ0) is 14.1. The van der Waals surface area contributed by atoms with Crippen LogP contribution >= 0.6 is 0 Å². The molecule has 0 fully saturated rings. The van der Waals surface area contributed by atoms with E-state index in [0.717, 1.165) is 11.1 Å². The Hall–Kier alpha value is -2.69. The van der Waals surface area contributed by atoms with E-state index in [1.54, 1.807) is 23.0 Å². The second kappa shape index (κ2) is 4.77. The molecule has 3 rings (SSSR count). The molecule has 2 heterocycles. The Morgan fingerprint density at radius 2 is 2.10 bits per heavy atom. The second-order valence-corrected chi connectivity index (χ2v) is 4.53. The van der Waals surface area contributed by atoms with Gasteiger partial charge >= 0.3 is 0 Å². The zero-order valence-electron chi connectivity index (χ0n) is 11.2. The Bertz CT molecular complexity index is 791. The predicted octanol–water partition coefficient (Wildman–Crippen LogP) is 2.49. The molecule has 0 saturated heterocycles. The Kier molecular flexibility index (Phi) is 2.95. The van der Waals surface area contributed by atoms with E-state index in [2.05, 4.69) is 15.3 Å². The average Bonchev–Trinajstić information content (AvgIpc) is 2.78. The fourth-order valence-electron chi connectivity index (χ4n) is 2.17. The number of benzene rings is 1. The van der Waals surface area contributed by atoms with Crippen LogP contribution in [0, 0.1) is 6.92 Å². The van der Waals surface area contributed by atoms with E-state index in [4.69, 9.17) is 0 Å². The molecule has 0 bridgehead atoms. The lowest BCUT2D eigenvalue weighted by Crippen LogP contribution is -2.08. The standard InChI is InChI=1S/C15H13N4O/c1-10-5-3-4-6-12(10)14-15(17-11(2)20)19-8-7-16-9-13(19)18-14/h3-9H,1-2H3. The summed E-state index contributed by atoms with van der Waals surface area (Å²) in [5, 5.41) is 4.10. The molecule has 1 amide bonds. The van der Waals surface area contributed by atoms with Gasteiger partial charge in [0.25, 0.3) is 0 Å². The van der Waals surface area contributed by atoms with Crippen LogP contribution < -0.4 is 5.32 Å². The van der Waals surface area contributed by atoms with Crippen molar-refractivity contribution in [2.75, 3.05) is 0 Å². The minimum Gasteiger partial charge on any atom is -0.281 e. The van der Waals surface area contributed by atoms with Gasteiger partial charge in [0.15, 0.2) is 11.5 Å². The number of aromatic nitrogens is 3. The molecule has 0 N–H and O–H groups in total. The highest BCUT2D eigenvalue weighted by Crippen LogP contribution is 2.30. The van der Waals surface area contributed by atoms with Crippen LogP contribution in [0.15, 0.2) is 42.9 Å². The highest BCUT2D eigenvalue weighted by atomic mass is 16.1. The number of hydrogen-bond acceptors (Lipinski definition) is 3. The van der Waals surface area contributed by atoms with Crippen molar-refractivity contribution in [2.45, 2.75) is 13.8 Å². The quantitative estimate of drug-likeness (QED) is 0.715. The monoisotopic (exact) mass is 265 g/mol. The first kappa shape index (κ1) is 12.3. The number of fused-ring (bicyclic) bond motifs is 1. The molecule has 0 atom stereocenters. The summed E-state index contributed by atoms with van der Waals surface area (Å²) in [6, 6.07) is 7.90. The van der Waals surface area contributed by atoms with Crippen LogP contribution in [0.4, 0.5) is 5.82 Å². The number of rotatable bonds is 2. The smallest absolute Gasteiger partial charge is 0.244 e. The van der Waals surface area contributed by atoms with Gasteiger partial charge in [-0.25, -0.2) is 4.98 Å². The number of aryl methyl sites for hydroxylation is 1. The highest BCUT2D eigenvalue weighted by molar-refractivity contribution is 5.85. The third-order valence-corrected chi connectivity index (χ3v) is 3.07. The molecule has 0 aliphatic rings. The minimum absolute atomic E-state index is 0.251. The predicted molar refractivity (Wildman–Crippen MR) is 75.6 cm³/mol.